The summed E-state index contributed by atoms with van der Waals surface area (Å²) in [6.45, 7) is 11.4. The SMILES string of the molecule is CCOC1CCN(c2nc(C(C)(C)C)c(CO)s2)CC1. The van der Waals surface area contributed by atoms with Crippen LogP contribution in [0.15, 0.2) is 0 Å². The molecule has 0 saturated carbocycles. The van der Waals surface area contributed by atoms with Gasteiger partial charge in [-0.1, -0.05) is 32.1 Å². The zero-order valence-corrected chi connectivity index (χ0v) is 13.8. The summed E-state index contributed by atoms with van der Waals surface area (Å²) in [4.78, 5) is 8.12. The lowest BCUT2D eigenvalue weighted by atomic mass is 9.91. The summed E-state index contributed by atoms with van der Waals surface area (Å²) in [5, 5.41) is 10.6. The highest BCUT2D eigenvalue weighted by molar-refractivity contribution is 7.15. The van der Waals surface area contributed by atoms with E-state index in [0.29, 0.717) is 6.10 Å². The van der Waals surface area contributed by atoms with Crippen molar-refractivity contribution in [2.45, 2.75) is 58.7 Å². The van der Waals surface area contributed by atoms with Gasteiger partial charge in [-0.3, -0.25) is 0 Å². The molecule has 1 aromatic heterocycles. The standard InChI is InChI=1S/C15H26N2O2S/c1-5-19-11-6-8-17(9-7-11)14-16-13(15(2,3)4)12(10-18)20-14/h11,18H,5-10H2,1-4H3. The van der Waals surface area contributed by atoms with Crippen molar-refractivity contribution >= 4 is 16.5 Å². The van der Waals surface area contributed by atoms with Crippen molar-refractivity contribution in [2.24, 2.45) is 0 Å². The molecule has 5 heteroatoms. The molecule has 0 unspecified atom stereocenters. The zero-order chi connectivity index (χ0) is 14.8. The molecular weight excluding hydrogens is 272 g/mol. The van der Waals surface area contributed by atoms with Crippen molar-refractivity contribution in [3.8, 4) is 0 Å². The minimum absolute atomic E-state index is 0.0174. The molecule has 2 rings (SSSR count). The number of ether oxygens (including phenoxy) is 1. The van der Waals surface area contributed by atoms with Crippen LogP contribution >= 0.6 is 11.3 Å². The number of nitrogens with zero attached hydrogens (tertiary/aromatic N) is 2. The van der Waals surface area contributed by atoms with Gasteiger partial charge in [0.1, 0.15) is 0 Å². The number of aliphatic hydroxyl groups is 1. The van der Waals surface area contributed by atoms with Gasteiger partial charge in [0, 0.05) is 25.1 Å². The van der Waals surface area contributed by atoms with E-state index in [9.17, 15) is 5.11 Å². The molecular formula is C15H26N2O2S. The van der Waals surface area contributed by atoms with E-state index in [1.165, 1.54) is 0 Å². The van der Waals surface area contributed by atoms with Crippen molar-refractivity contribution < 1.29 is 9.84 Å². The number of piperidine rings is 1. The molecule has 0 spiro atoms. The number of hydrogen-bond acceptors (Lipinski definition) is 5. The van der Waals surface area contributed by atoms with Crippen LogP contribution in [0.2, 0.25) is 0 Å². The quantitative estimate of drug-likeness (QED) is 0.928. The molecule has 1 N–H and O–H groups in total. The number of rotatable bonds is 4. The molecule has 0 aliphatic carbocycles. The summed E-state index contributed by atoms with van der Waals surface area (Å²) >= 11 is 1.63. The Hall–Kier alpha value is -0.650. The predicted octanol–water partition coefficient (Wildman–Crippen LogP) is 2.94. The second-order valence-corrected chi connectivity index (χ2v) is 7.38. The largest absolute Gasteiger partial charge is 0.391 e. The van der Waals surface area contributed by atoms with Crippen molar-refractivity contribution in [3.63, 3.8) is 0 Å². The molecule has 1 saturated heterocycles. The summed E-state index contributed by atoms with van der Waals surface area (Å²) in [5.74, 6) is 0. The van der Waals surface area contributed by atoms with Gasteiger partial charge in [-0.25, -0.2) is 4.98 Å². The third kappa shape index (κ3) is 3.51. The molecule has 114 valence electrons. The van der Waals surface area contributed by atoms with Gasteiger partial charge in [-0.15, -0.1) is 0 Å². The zero-order valence-electron chi connectivity index (χ0n) is 13.0. The average Bonchev–Trinajstić information content (AvgIpc) is 2.84. The van der Waals surface area contributed by atoms with Crippen LogP contribution in [0.25, 0.3) is 0 Å². The Balaban J connectivity index is 2.09. The maximum atomic E-state index is 9.54. The predicted molar refractivity (Wildman–Crippen MR) is 83.6 cm³/mol. The van der Waals surface area contributed by atoms with Crippen LogP contribution in [0.4, 0.5) is 5.13 Å². The average molecular weight is 298 g/mol. The van der Waals surface area contributed by atoms with Gasteiger partial charge in [0.2, 0.25) is 0 Å². The fourth-order valence-corrected chi connectivity index (χ4v) is 3.80. The van der Waals surface area contributed by atoms with Crippen molar-refractivity contribution in [1.29, 1.82) is 0 Å². The first-order valence-corrected chi connectivity index (χ1v) is 8.25. The molecule has 0 amide bonds. The Bertz CT molecular complexity index is 432. The Morgan fingerprint density at radius 1 is 1.35 bits per heavy atom. The fourth-order valence-electron chi connectivity index (χ4n) is 2.62. The van der Waals surface area contributed by atoms with Crippen LogP contribution in [-0.2, 0) is 16.8 Å². The first-order valence-electron chi connectivity index (χ1n) is 7.43. The minimum Gasteiger partial charge on any atom is -0.391 e. The van der Waals surface area contributed by atoms with Gasteiger partial charge in [-0.2, -0.15) is 0 Å². The Labute approximate surface area is 125 Å². The Morgan fingerprint density at radius 3 is 2.45 bits per heavy atom. The molecule has 1 aromatic rings. The Kier molecular flexibility index (Phi) is 5.04. The van der Waals surface area contributed by atoms with Crippen molar-refractivity contribution in [1.82, 2.24) is 4.98 Å². The molecule has 2 heterocycles. The maximum Gasteiger partial charge on any atom is 0.185 e. The highest BCUT2D eigenvalue weighted by Gasteiger charge is 2.27. The normalized spacial score (nSPS) is 17.8. The first-order chi connectivity index (χ1) is 9.45. The van der Waals surface area contributed by atoms with E-state index in [4.69, 9.17) is 9.72 Å². The van der Waals surface area contributed by atoms with Crippen LogP contribution in [0.3, 0.4) is 0 Å². The topological polar surface area (TPSA) is 45.6 Å². The number of anilines is 1. The molecule has 4 nitrogen and oxygen atoms in total. The summed E-state index contributed by atoms with van der Waals surface area (Å²) < 4.78 is 5.69. The smallest absolute Gasteiger partial charge is 0.185 e. The summed E-state index contributed by atoms with van der Waals surface area (Å²) in [6, 6.07) is 0. The number of aliphatic hydroxyl groups excluding tert-OH is 1. The van der Waals surface area contributed by atoms with Gasteiger partial charge in [-0.05, 0) is 19.8 Å². The lowest BCUT2D eigenvalue weighted by Crippen LogP contribution is -2.37. The molecule has 1 aliphatic heterocycles. The second-order valence-electron chi connectivity index (χ2n) is 6.32. The third-order valence-corrected chi connectivity index (χ3v) is 4.76. The fraction of sp³-hybridized carbons (Fsp3) is 0.800. The van der Waals surface area contributed by atoms with Gasteiger partial charge in [0.25, 0.3) is 0 Å². The summed E-state index contributed by atoms with van der Waals surface area (Å²) in [5.41, 5.74) is 1.02. The van der Waals surface area contributed by atoms with Crippen LogP contribution in [0.1, 0.15) is 51.1 Å². The molecule has 0 radical (unpaired) electrons. The van der Waals surface area contributed by atoms with Crippen molar-refractivity contribution in [2.75, 3.05) is 24.6 Å². The second kappa shape index (κ2) is 6.41. The van der Waals surface area contributed by atoms with Crippen molar-refractivity contribution in [3.05, 3.63) is 10.6 Å². The summed E-state index contributed by atoms with van der Waals surface area (Å²) in [7, 11) is 0. The van der Waals surface area contributed by atoms with E-state index in [2.05, 4.69) is 32.6 Å². The highest BCUT2D eigenvalue weighted by atomic mass is 32.1. The van der Waals surface area contributed by atoms with Crippen LogP contribution < -0.4 is 4.90 Å². The lowest BCUT2D eigenvalue weighted by Gasteiger charge is -2.31. The van der Waals surface area contributed by atoms with E-state index in [1.54, 1.807) is 11.3 Å². The molecule has 1 aliphatic rings. The van der Waals surface area contributed by atoms with Gasteiger partial charge < -0.3 is 14.7 Å². The highest BCUT2D eigenvalue weighted by Crippen LogP contribution is 2.35. The lowest BCUT2D eigenvalue weighted by molar-refractivity contribution is 0.0459. The van der Waals surface area contributed by atoms with Crippen LogP contribution in [0.5, 0.6) is 0 Å². The molecule has 0 atom stereocenters. The molecule has 1 fully saturated rings. The number of thiazole rings is 1. The van der Waals surface area contributed by atoms with Crippen LogP contribution in [-0.4, -0.2) is 35.9 Å². The number of hydrogen-bond donors (Lipinski definition) is 1. The maximum absolute atomic E-state index is 9.54. The van der Waals surface area contributed by atoms with Crippen LogP contribution in [0, 0.1) is 0 Å². The number of aromatic nitrogens is 1. The van der Waals surface area contributed by atoms with Gasteiger partial charge in [0.15, 0.2) is 5.13 Å². The van der Waals surface area contributed by atoms with E-state index in [1.807, 2.05) is 0 Å². The molecule has 0 aromatic carbocycles. The van der Waals surface area contributed by atoms with Gasteiger partial charge >= 0.3 is 0 Å². The van der Waals surface area contributed by atoms with E-state index in [-0.39, 0.29) is 12.0 Å². The Morgan fingerprint density at radius 2 is 2.00 bits per heavy atom. The monoisotopic (exact) mass is 298 g/mol. The molecule has 0 bridgehead atoms. The van der Waals surface area contributed by atoms with E-state index < -0.39 is 0 Å². The third-order valence-electron chi connectivity index (χ3n) is 3.65. The van der Waals surface area contributed by atoms with E-state index in [0.717, 1.165) is 48.2 Å². The summed E-state index contributed by atoms with van der Waals surface area (Å²) in [6.07, 6.45) is 2.52. The van der Waals surface area contributed by atoms with Gasteiger partial charge in [0.05, 0.1) is 23.3 Å². The minimum atomic E-state index is -0.0174. The molecule has 20 heavy (non-hydrogen) atoms. The first kappa shape index (κ1) is 15.7. The van der Waals surface area contributed by atoms with E-state index >= 15 is 0 Å².